The maximum Gasteiger partial charge on any atom is 0.219 e. The quantitative estimate of drug-likeness (QED) is 0.571. The number of quaternary nitrogens is 1. The Morgan fingerprint density at radius 1 is 1.44 bits per heavy atom. The van der Waals surface area contributed by atoms with Crippen LogP contribution in [0.2, 0.25) is 0 Å². The maximum absolute atomic E-state index is 11.2. The van der Waals surface area contributed by atoms with Crippen LogP contribution in [0.15, 0.2) is 0 Å². The fourth-order valence-electron chi connectivity index (χ4n) is 2.20. The summed E-state index contributed by atoms with van der Waals surface area (Å²) >= 11 is 0. The van der Waals surface area contributed by atoms with Gasteiger partial charge in [-0.25, -0.2) is 0 Å². The fourth-order valence-corrected chi connectivity index (χ4v) is 2.20. The Balaban J connectivity index is 2.10. The van der Waals surface area contributed by atoms with Gasteiger partial charge in [0.2, 0.25) is 5.91 Å². The van der Waals surface area contributed by atoms with Crippen molar-refractivity contribution >= 4 is 5.91 Å². The van der Waals surface area contributed by atoms with Gasteiger partial charge in [-0.15, -0.1) is 0 Å². The van der Waals surface area contributed by atoms with Crippen molar-refractivity contribution in [2.75, 3.05) is 45.9 Å². The number of piperazine rings is 1. The second-order valence-corrected chi connectivity index (χ2v) is 5.04. The van der Waals surface area contributed by atoms with Gasteiger partial charge in [0.05, 0.1) is 32.8 Å². The molecule has 106 valence electrons. The molecule has 1 fully saturated rings. The predicted molar refractivity (Wildman–Crippen MR) is 69.6 cm³/mol. The van der Waals surface area contributed by atoms with Crippen molar-refractivity contribution in [1.29, 1.82) is 0 Å². The molecule has 0 bridgehead atoms. The van der Waals surface area contributed by atoms with Crippen LogP contribution >= 0.6 is 0 Å². The molecule has 5 nitrogen and oxygen atoms in total. The Morgan fingerprint density at radius 2 is 2.11 bits per heavy atom. The zero-order chi connectivity index (χ0) is 13.4. The van der Waals surface area contributed by atoms with Gasteiger partial charge in [0, 0.05) is 13.5 Å². The minimum atomic E-state index is -0.388. The highest BCUT2D eigenvalue weighted by Crippen LogP contribution is 1.92. The van der Waals surface area contributed by atoms with Gasteiger partial charge < -0.3 is 19.6 Å². The number of hydrogen-bond acceptors (Lipinski definition) is 3. The van der Waals surface area contributed by atoms with Crippen molar-refractivity contribution in [3.63, 3.8) is 0 Å². The number of aliphatic hydroxyl groups is 1. The third-order valence-electron chi connectivity index (χ3n) is 3.39. The summed E-state index contributed by atoms with van der Waals surface area (Å²) in [5.41, 5.74) is 0. The van der Waals surface area contributed by atoms with E-state index in [0.717, 1.165) is 52.2 Å². The summed E-state index contributed by atoms with van der Waals surface area (Å²) in [6, 6.07) is 0. The predicted octanol–water partition coefficient (Wildman–Crippen LogP) is -1.09. The molecular weight excluding hydrogens is 232 g/mol. The molecule has 1 saturated heterocycles. The molecular formula is C13H27N2O3+. The van der Waals surface area contributed by atoms with E-state index >= 15 is 0 Å². The lowest BCUT2D eigenvalue weighted by Crippen LogP contribution is -3.15. The van der Waals surface area contributed by atoms with E-state index in [2.05, 4.69) is 6.92 Å². The Morgan fingerprint density at radius 3 is 2.67 bits per heavy atom. The number of unbranched alkanes of at least 4 members (excludes halogenated alkanes) is 1. The molecule has 18 heavy (non-hydrogen) atoms. The molecule has 1 aliphatic rings. The van der Waals surface area contributed by atoms with Gasteiger partial charge in [-0.3, -0.25) is 4.79 Å². The van der Waals surface area contributed by atoms with E-state index in [4.69, 9.17) is 4.74 Å². The van der Waals surface area contributed by atoms with E-state index in [-0.39, 0.29) is 12.0 Å². The SMILES string of the molecule is CCCCOC[C@H](O)C[NH+]1CCN(C(C)=O)CC1. The normalized spacial score (nSPS) is 18.9. The summed E-state index contributed by atoms with van der Waals surface area (Å²) in [7, 11) is 0. The second kappa shape index (κ2) is 8.45. The number of hydrogen-bond donors (Lipinski definition) is 2. The van der Waals surface area contributed by atoms with Gasteiger partial charge in [0.15, 0.2) is 0 Å². The van der Waals surface area contributed by atoms with Crippen LogP contribution in [0.1, 0.15) is 26.7 Å². The van der Waals surface area contributed by atoms with Crippen LogP contribution in [-0.4, -0.2) is 68.0 Å². The average molecular weight is 259 g/mol. The molecule has 0 aromatic carbocycles. The van der Waals surface area contributed by atoms with Gasteiger partial charge in [-0.1, -0.05) is 13.3 Å². The van der Waals surface area contributed by atoms with E-state index in [1.54, 1.807) is 6.92 Å². The van der Waals surface area contributed by atoms with Crippen LogP contribution in [0.5, 0.6) is 0 Å². The summed E-state index contributed by atoms with van der Waals surface area (Å²) in [6.07, 6.45) is 1.78. The topological polar surface area (TPSA) is 54.2 Å². The Hall–Kier alpha value is -0.650. The summed E-state index contributed by atoms with van der Waals surface area (Å²) in [4.78, 5) is 14.4. The molecule has 1 heterocycles. The maximum atomic E-state index is 11.2. The molecule has 1 atom stereocenters. The van der Waals surface area contributed by atoms with E-state index in [1.807, 2.05) is 4.90 Å². The van der Waals surface area contributed by atoms with E-state index in [0.29, 0.717) is 6.61 Å². The molecule has 0 aromatic heterocycles. The molecule has 0 unspecified atom stereocenters. The van der Waals surface area contributed by atoms with E-state index in [1.165, 1.54) is 4.90 Å². The molecule has 1 amide bonds. The zero-order valence-corrected chi connectivity index (χ0v) is 11.7. The molecule has 5 heteroatoms. The third kappa shape index (κ3) is 5.80. The molecule has 2 N–H and O–H groups in total. The number of nitrogens with zero attached hydrogens (tertiary/aromatic N) is 1. The molecule has 0 aromatic rings. The van der Waals surface area contributed by atoms with Gasteiger partial charge in [0.25, 0.3) is 0 Å². The number of carbonyl (C=O) groups excluding carboxylic acids is 1. The summed E-state index contributed by atoms with van der Waals surface area (Å²) in [5.74, 6) is 0.150. The first-order valence-electron chi connectivity index (χ1n) is 6.98. The van der Waals surface area contributed by atoms with Crippen molar-refractivity contribution in [2.45, 2.75) is 32.8 Å². The molecule has 1 rings (SSSR count). The Bertz CT molecular complexity index is 240. The number of ether oxygens (including phenoxy) is 1. The molecule has 0 saturated carbocycles. The number of amides is 1. The van der Waals surface area contributed by atoms with Gasteiger partial charge >= 0.3 is 0 Å². The summed E-state index contributed by atoms with van der Waals surface area (Å²) < 4.78 is 5.41. The highest BCUT2D eigenvalue weighted by Gasteiger charge is 2.23. The molecule has 0 radical (unpaired) electrons. The highest BCUT2D eigenvalue weighted by atomic mass is 16.5. The monoisotopic (exact) mass is 259 g/mol. The first kappa shape index (κ1) is 15.4. The lowest BCUT2D eigenvalue weighted by Gasteiger charge is -2.32. The number of aliphatic hydroxyl groups excluding tert-OH is 1. The lowest BCUT2D eigenvalue weighted by atomic mass is 10.2. The summed E-state index contributed by atoms with van der Waals surface area (Å²) in [6.45, 7) is 9.07. The zero-order valence-electron chi connectivity index (χ0n) is 11.7. The van der Waals surface area contributed by atoms with Crippen LogP contribution in [0, 0.1) is 0 Å². The standard InChI is InChI=1S/C13H26N2O3/c1-3-4-9-18-11-13(17)10-14-5-7-15(8-6-14)12(2)16/h13,17H,3-11H2,1-2H3/p+1/t13-/m1/s1. The van der Waals surface area contributed by atoms with Crippen molar-refractivity contribution < 1.29 is 19.5 Å². The van der Waals surface area contributed by atoms with Crippen molar-refractivity contribution in [3.05, 3.63) is 0 Å². The minimum Gasteiger partial charge on any atom is -0.385 e. The van der Waals surface area contributed by atoms with Gasteiger partial charge in [0.1, 0.15) is 12.6 Å². The van der Waals surface area contributed by atoms with Crippen molar-refractivity contribution in [3.8, 4) is 0 Å². The number of nitrogens with one attached hydrogen (secondary N) is 1. The minimum absolute atomic E-state index is 0.150. The number of rotatable bonds is 7. The molecule has 1 aliphatic heterocycles. The fraction of sp³-hybridized carbons (Fsp3) is 0.923. The lowest BCUT2D eigenvalue weighted by molar-refractivity contribution is -0.907. The van der Waals surface area contributed by atoms with Crippen LogP contribution < -0.4 is 4.90 Å². The summed E-state index contributed by atoms with van der Waals surface area (Å²) in [5, 5.41) is 9.85. The van der Waals surface area contributed by atoms with E-state index in [9.17, 15) is 9.90 Å². The molecule has 0 aliphatic carbocycles. The van der Waals surface area contributed by atoms with Gasteiger partial charge in [-0.2, -0.15) is 0 Å². The second-order valence-electron chi connectivity index (χ2n) is 5.04. The average Bonchev–Trinajstić information content (AvgIpc) is 2.35. The Labute approximate surface area is 110 Å². The van der Waals surface area contributed by atoms with Crippen LogP contribution in [0.3, 0.4) is 0 Å². The highest BCUT2D eigenvalue weighted by molar-refractivity contribution is 5.73. The number of carbonyl (C=O) groups is 1. The van der Waals surface area contributed by atoms with Crippen LogP contribution in [0.4, 0.5) is 0 Å². The van der Waals surface area contributed by atoms with E-state index < -0.39 is 0 Å². The van der Waals surface area contributed by atoms with Crippen molar-refractivity contribution in [2.24, 2.45) is 0 Å². The first-order chi connectivity index (χ1) is 8.63. The van der Waals surface area contributed by atoms with Crippen LogP contribution in [0.25, 0.3) is 0 Å². The third-order valence-corrected chi connectivity index (χ3v) is 3.39. The first-order valence-corrected chi connectivity index (χ1v) is 6.98. The molecule has 0 spiro atoms. The van der Waals surface area contributed by atoms with Crippen molar-refractivity contribution in [1.82, 2.24) is 4.90 Å². The van der Waals surface area contributed by atoms with Gasteiger partial charge in [-0.05, 0) is 6.42 Å². The largest absolute Gasteiger partial charge is 0.385 e. The Kier molecular flexibility index (Phi) is 7.23. The smallest absolute Gasteiger partial charge is 0.219 e. The van der Waals surface area contributed by atoms with Crippen LogP contribution in [-0.2, 0) is 9.53 Å².